The number of hydrogen-bond acceptors (Lipinski definition) is 3. The van der Waals surface area contributed by atoms with E-state index in [4.69, 9.17) is 16.0 Å². The van der Waals surface area contributed by atoms with Gasteiger partial charge < -0.3 is 9.73 Å². The van der Waals surface area contributed by atoms with Crippen molar-refractivity contribution in [3.05, 3.63) is 38.9 Å². The highest BCUT2D eigenvalue weighted by atomic mass is 127. The van der Waals surface area contributed by atoms with Crippen LogP contribution >= 0.6 is 34.2 Å². The summed E-state index contributed by atoms with van der Waals surface area (Å²) in [5.74, 6) is 1.45. The SMILES string of the molecule is CCCNCc1ncc(-c2ccc(I)c(Cl)c2)o1. The molecule has 1 aromatic heterocycles. The molecule has 96 valence electrons. The summed E-state index contributed by atoms with van der Waals surface area (Å²) in [7, 11) is 0. The highest BCUT2D eigenvalue weighted by Crippen LogP contribution is 2.26. The van der Waals surface area contributed by atoms with Gasteiger partial charge >= 0.3 is 0 Å². The van der Waals surface area contributed by atoms with Gasteiger partial charge in [-0.1, -0.05) is 24.6 Å². The number of nitrogens with zero attached hydrogens (tertiary/aromatic N) is 1. The van der Waals surface area contributed by atoms with E-state index >= 15 is 0 Å². The van der Waals surface area contributed by atoms with Gasteiger partial charge in [-0.2, -0.15) is 0 Å². The van der Waals surface area contributed by atoms with Crippen LogP contribution in [0.15, 0.2) is 28.8 Å². The van der Waals surface area contributed by atoms with Crippen molar-refractivity contribution < 1.29 is 4.42 Å². The molecule has 1 heterocycles. The minimum atomic E-state index is 0.659. The van der Waals surface area contributed by atoms with Crippen LogP contribution in [0.3, 0.4) is 0 Å². The van der Waals surface area contributed by atoms with Gasteiger partial charge in [-0.3, -0.25) is 0 Å². The summed E-state index contributed by atoms with van der Waals surface area (Å²) in [5.41, 5.74) is 0.953. The zero-order chi connectivity index (χ0) is 13.0. The molecule has 0 radical (unpaired) electrons. The van der Waals surface area contributed by atoms with Crippen molar-refractivity contribution in [2.75, 3.05) is 6.54 Å². The quantitative estimate of drug-likeness (QED) is 0.631. The number of aromatic nitrogens is 1. The summed E-state index contributed by atoms with van der Waals surface area (Å²) >= 11 is 8.29. The lowest BCUT2D eigenvalue weighted by Crippen LogP contribution is -2.13. The maximum atomic E-state index is 6.09. The molecule has 0 bridgehead atoms. The number of hydrogen-bond donors (Lipinski definition) is 1. The predicted octanol–water partition coefficient (Wildman–Crippen LogP) is 4.10. The smallest absolute Gasteiger partial charge is 0.208 e. The highest BCUT2D eigenvalue weighted by molar-refractivity contribution is 14.1. The Hall–Kier alpha value is -0.590. The first-order valence-corrected chi connectivity index (χ1v) is 7.27. The summed E-state index contributed by atoms with van der Waals surface area (Å²) in [4.78, 5) is 4.24. The molecule has 1 aromatic carbocycles. The van der Waals surface area contributed by atoms with Gasteiger partial charge in [0.15, 0.2) is 5.76 Å². The predicted molar refractivity (Wildman–Crippen MR) is 81.7 cm³/mol. The van der Waals surface area contributed by atoms with E-state index in [1.54, 1.807) is 6.20 Å². The monoisotopic (exact) mass is 376 g/mol. The lowest BCUT2D eigenvalue weighted by atomic mass is 10.2. The van der Waals surface area contributed by atoms with E-state index in [0.717, 1.165) is 32.9 Å². The van der Waals surface area contributed by atoms with Gasteiger partial charge in [0.05, 0.1) is 17.8 Å². The van der Waals surface area contributed by atoms with Crippen LogP contribution in [0.4, 0.5) is 0 Å². The zero-order valence-corrected chi connectivity index (χ0v) is 13.0. The van der Waals surface area contributed by atoms with Gasteiger partial charge in [-0.15, -0.1) is 0 Å². The Balaban J connectivity index is 2.11. The van der Waals surface area contributed by atoms with Gasteiger partial charge in [-0.05, 0) is 47.7 Å². The topological polar surface area (TPSA) is 38.1 Å². The van der Waals surface area contributed by atoms with Crippen LogP contribution in [-0.2, 0) is 6.54 Å². The summed E-state index contributed by atoms with van der Waals surface area (Å²) < 4.78 is 6.71. The Labute approximate surface area is 125 Å². The molecule has 1 N–H and O–H groups in total. The van der Waals surface area contributed by atoms with Gasteiger partial charge in [0.2, 0.25) is 5.89 Å². The second-order valence-corrected chi connectivity index (χ2v) is 5.49. The van der Waals surface area contributed by atoms with Crippen LogP contribution < -0.4 is 5.32 Å². The molecule has 0 aliphatic rings. The minimum Gasteiger partial charge on any atom is -0.439 e. The molecule has 0 amide bonds. The van der Waals surface area contributed by atoms with Gasteiger partial charge in [0.25, 0.3) is 0 Å². The van der Waals surface area contributed by atoms with Gasteiger partial charge in [-0.25, -0.2) is 4.98 Å². The number of oxazole rings is 1. The van der Waals surface area contributed by atoms with E-state index in [0.29, 0.717) is 12.4 Å². The maximum Gasteiger partial charge on any atom is 0.208 e. The van der Waals surface area contributed by atoms with E-state index in [9.17, 15) is 0 Å². The first-order chi connectivity index (χ1) is 8.70. The van der Waals surface area contributed by atoms with E-state index in [1.165, 1.54) is 0 Å². The lowest BCUT2D eigenvalue weighted by molar-refractivity contribution is 0.478. The molecule has 3 nitrogen and oxygen atoms in total. The Bertz CT molecular complexity index is 527. The summed E-state index contributed by atoms with van der Waals surface area (Å²) in [5, 5.41) is 3.98. The molecule has 0 saturated heterocycles. The van der Waals surface area contributed by atoms with Crippen molar-refractivity contribution in [1.29, 1.82) is 0 Å². The van der Waals surface area contributed by atoms with Crippen molar-refractivity contribution >= 4 is 34.2 Å². The fourth-order valence-corrected chi connectivity index (χ4v) is 2.06. The first kappa shape index (κ1) is 13.8. The molecule has 2 rings (SSSR count). The molecule has 5 heteroatoms. The molecule has 18 heavy (non-hydrogen) atoms. The lowest BCUT2D eigenvalue weighted by Gasteiger charge is -2.00. The van der Waals surface area contributed by atoms with Crippen molar-refractivity contribution in [3.63, 3.8) is 0 Å². The van der Waals surface area contributed by atoms with Crippen LogP contribution in [0.5, 0.6) is 0 Å². The first-order valence-electron chi connectivity index (χ1n) is 5.81. The standard InChI is InChI=1S/C13H14ClIN2O/c1-2-5-16-8-13-17-7-12(18-13)9-3-4-11(15)10(14)6-9/h3-4,6-7,16H,2,5,8H2,1H3. The van der Waals surface area contributed by atoms with E-state index in [1.807, 2.05) is 18.2 Å². The Morgan fingerprint density at radius 3 is 3.00 bits per heavy atom. The Morgan fingerprint density at radius 2 is 2.28 bits per heavy atom. The maximum absolute atomic E-state index is 6.09. The molecule has 0 saturated carbocycles. The van der Waals surface area contributed by atoms with Crippen LogP contribution in [0.2, 0.25) is 5.02 Å². The average molecular weight is 377 g/mol. The third-order valence-corrected chi connectivity index (χ3v) is 4.03. The Morgan fingerprint density at radius 1 is 1.44 bits per heavy atom. The number of benzene rings is 1. The van der Waals surface area contributed by atoms with E-state index in [2.05, 4.69) is 39.8 Å². The number of halogens is 2. The third kappa shape index (κ3) is 3.46. The zero-order valence-electron chi connectivity index (χ0n) is 10.0. The van der Waals surface area contributed by atoms with Crippen molar-refractivity contribution in [2.24, 2.45) is 0 Å². The number of nitrogens with one attached hydrogen (secondary N) is 1. The minimum absolute atomic E-state index is 0.659. The van der Waals surface area contributed by atoms with Crippen molar-refractivity contribution in [2.45, 2.75) is 19.9 Å². The third-order valence-electron chi connectivity index (χ3n) is 2.46. The molecular formula is C13H14ClIN2O. The van der Waals surface area contributed by atoms with E-state index in [-0.39, 0.29) is 0 Å². The molecule has 0 aliphatic heterocycles. The van der Waals surface area contributed by atoms with Crippen LogP contribution in [0, 0.1) is 3.57 Å². The number of rotatable bonds is 5. The molecule has 0 atom stereocenters. The summed E-state index contributed by atoms with van der Waals surface area (Å²) in [6.45, 7) is 3.75. The van der Waals surface area contributed by atoms with Gasteiger partial charge in [0, 0.05) is 9.13 Å². The van der Waals surface area contributed by atoms with Crippen molar-refractivity contribution in [3.8, 4) is 11.3 Å². The molecular weight excluding hydrogens is 363 g/mol. The van der Waals surface area contributed by atoms with Crippen LogP contribution in [0.25, 0.3) is 11.3 Å². The molecule has 0 aliphatic carbocycles. The molecule has 2 aromatic rings. The highest BCUT2D eigenvalue weighted by Gasteiger charge is 2.07. The normalized spacial score (nSPS) is 10.8. The largest absolute Gasteiger partial charge is 0.439 e. The van der Waals surface area contributed by atoms with E-state index < -0.39 is 0 Å². The Kier molecular flexibility index (Phi) is 5.03. The second kappa shape index (κ2) is 6.54. The molecule has 0 unspecified atom stereocenters. The van der Waals surface area contributed by atoms with Gasteiger partial charge in [0.1, 0.15) is 0 Å². The second-order valence-electron chi connectivity index (χ2n) is 3.92. The molecule has 0 spiro atoms. The fraction of sp³-hybridized carbons (Fsp3) is 0.308. The summed E-state index contributed by atoms with van der Waals surface area (Å²) in [6.07, 6.45) is 2.84. The van der Waals surface area contributed by atoms with Crippen LogP contribution in [-0.4, -0.2) is 11.5 Å². The summed E-state index contributed by atoms with van der Waals surface area (Å²) in [6, 6.07) is 5.85. The average Bonchev–Trinajstić information content (AvgIpc) is 2.82. The molecule has 0 fully saturated rings. The van der Waals surface area contributed by atoms with Crippen LogP contribution in [0.1, 0.15) is 19.2 Å². The van der Waals surface area contributed by atoms with Crippen molar-refractivity contribution in [1.82, 2.24) is 10.3 Å². The fourth-order valence-electron chi connectivity index (χ4n) is 1.55.